The Morgan fingerprint density at radius 3 is 2.62 bits per heavy atom. The van der Waals surface area contributed by atoms with Crippen LogP contribution >= 0.6 is 0 Å². The van der Waals surface area contributed by atoms with Gasteiger partial charge in [0.05, 0.1) is 28.9 Å². The molecule has 1 fully saturated rings. The van der Waals surface area contributed by atoms with Crippen LogP contribution in [0.1, 0.15) is 37.2 Å². The molecule has 2 aliphatic rings. The molecule has 0 saturated heterocycles. The molecule has 1 aliphatic carbocycles. The molecule has 34 heavy (non-hydrogen) atoms. The Labute approximate surface area is 199 Å². The zero-order valence-electron chi connectivity index (χ0n) is 19.8. The fourth-order valence-corrected chi connectivity index (χ4v) is 4.92. The molecule has 0 unspecified atom stereocenters. The van der Waals surface area contributed by atoms with Crippen molar-refractivity contribution in [1.29, 1.82) is 0 Å². The van der Waals surface area contributed by atoms with Crippen LogP contribution in [-0.2, 0) is 18.3 Å². The number of hydrogen-bond donors (Lipinski definition) is 0. The Hall–Kier alpha value is -3.87. The van der Waals surface area contributed by atoms with Gasteiger partial charge in [-0.1, -0.05) is 23.4 Å². The van der Waals surface area contributed by atoms with Crippen molar-refractivity contribution < 1.29 is 4.74 Å². The van der Waals surface area contributed by atoms with E-state index >= 15 is 0 Å². The standard InChI is InChI=1S/C27H28N6O/c1-4-32-23-16-20(26-18(2)29-30-31(26)3)17-24(25(23)28-27(32)19-10-11-19)33(21-8-6-5-7-9-21)22-12-14-34-15-13-22/h5-9,12-14,16-17,19H,4,10-11,15H2,1-3H3. The van der Waals surface area contributed by atoms with Gasteiger partial charge in [-0.2, -0.15) is 0 Å². The zero-order valence-corrected chi connectivity index (χ0v) is 19.8. The van der Waals surface area contributed by atoms with Gasteiger partial charge >= 0.3 is 0 Å². The number of allylic oxidation sites excluding steroid dienone is 1. The van der Waals surface area contributed by atoms with Gasteiger partial charge in [-0.3, -0.25) is 0 Å². The van der Waals surface area contributed by atoms with Gasteiger partial charge in [-0.05, 0) is 63.1 Å². The topological polar surface area (TPSA) is 61.0 Å². The van der Waals surface area contributed by atoms with Crippen molar-refractivity contribution in [1.82, 2.24) is 24.5 Å². The molecule has 1 saturated carbocycles. The van der Waals surface area contributed by atoms with E-state index in [4.69, 9.17) is 9.72 Å². The van der Waals surface area contributed by atoms with Crippen molar-refractivity contribution in [3.05, 3.63) is 78.1 Å². The third-order valence-corrected chi connectivity index (χ3v) is 6.63. The molecule has 7 nitrogen and oxygen atoms in total. The Bertz CT molecular complexity index is 1410. The molecule has 3 heterocycles. The van der Waals surface area contributed by atoms with Gasteiger partial charge in [0.2, 0.25) is 0 Å². The molecule has 0 amide bonds. The minimum Gasteiger partial charge on any atom is -0.497 e. The van der Waals surface area contributed by atoms with E-state index in [-0.39, 0.29) is 0 Å². The third kappa shape index (κ3) is 3.39. The quantitative estimate of drug-likeness (QED) is 0.381. The number of para-hydroxylation sites is 1. The number of aromatic nitrogens is 5. The van der Waals surface area contributed by atoms with Gasteiger partial charge in [-0.25, -0.2) is 9.67 Å². The van der Waals surface area contributed by atoms with Gasteiger partial charge < -0.3 is 14.2 Å². The van der Waals surface area contributed by atoms with Crippen LogP contribution in [0, 0.1) is 6.92 Å². The maximum absolute atomic E-state index is 5.48. The Balaban J connectivity index is 1.68. The summed E-state index contributed by atoms with van der Waals surface area (Å²) >= 11 is 0. The highest BCUT2D eigenvalue weighted by Gasteiger charge is 2.31. The van der Waals surface area contributed by atoms with Crippen LogP contribution in [0.3, 0.4) is 0 Å². The van der Waals surface area contributed by atoms with Crippen LogP contribution in [0.2, 0.25) is 0 Å². The number of fused-ring (bicyclic) bond motifs is 1. The molecule has 0 spiro atoms. The molecule has 0 radical (unpaired) electrons. The van der Waals surface area contributed by atoms with Crippen molar-refractivity contribution >= 4 is 22.4 Å². The molecular formula is C27H28N6O. The van der Waals surface area contributed by atoms with Gasteiger partial charge in [-0.15, -0.1) is 5.10 Å². The monoisotopic (exact) mass is 452 g/mol. The number of nitrogens with zero attached hydrogens (tertiary/aromatic N) is 6. The number of anilines is 2. The number of aryl methyl sites for hydroxylation is 3. The van der Waals surface area contributed by atoms with E-state index in [1.807, 2.05) is 30.8 Å². The molecule has 0 atom stereocenters. The van der Waals surface area contributed by atoms with Crippen molar-refractivity contribution in [3.8, 4) is 11.3 Å². The van der Waals surface area contributed by atoms with E-state index in [1.54, 1.807) is 6.26 Å². The average molecular weight is 453 g/mol. The van der Waals surface area contributed by atoms with Crippen LogP contribution in [0.4, 0.5) is 11.4 Å². The van der Waals surface area contributed by atoms with Crippen molar-refractivity contribution in [2.75, 3.05) is 11.5 Å². The molecule has 7 heteroatoms. The van der Waals surface area contributed by atoms with Crippen molar-refractivity contribution in [2.45, 2.75) is 39.2 Å². The molecule has 172 valence electrons. The van der Waals surface area contributed by atoms with Gasteiger partial charge in [0.1, 0.15) is 17.9 Å². The minimum absolute atomic E-state index is 0.541. The molecule has 2 aromatic heterocycles. The molecule has 2 aromatic carbocycles. The predicted octanol–water partition coefficient (Wildman–Crippen LogP) is 5.60. The molecule has 0 N–H and O–H groups in total. The fraction of sp³-hybridized carbons (Fsp3) is 0.296. The summed E-state index contributed by atoms with van der Waals surface area (Å²) in [6.07, 6.45) is 8.32. The first kappa shape index (κ1) is 20.7. The lowest BCUT2D eigenvalue weighted by molar-refractivity contribution is 0.284. The summed E-state index contributed by atoms with van der Waals surface area (Å²) in [5, 5.41) is 8.59. The number of ether oxygens (including phenoxy) is 1. The van der Waals surface area contributed by atoms with Crippen molar-refractivity contribution in [3.63, 3.8) is 0 Å². The normalized spacial score (nSPS) is 15.4. The Morgan fingerprint density at radius 2 is 1.97 bits per heavy atom. The smallest absolute Gasteiger partial charge is 0.113 e. The lowest BCUT2D eigenvalue weighted by Gasteiger charge is -2.28. The van der Waals surface area contributed by atoms with E-state index in [0.717, 1.165) is 51.6 Å². The maximum atomic E-state index is 5.48. The second kappa shape index (κ2) is 8.17. The van der Waals surface area contributed by atoms with Crippen LogP contribution < -0.4 is 4.90 Å². The number of imidazole rings is 1. The van der Waals surface area contributed by atoms with Crippen LogP contribution in [0.15, 0.2) is 66.6 Å². The van der Waals surface area contributed by atoms with E-state index in [1.165, 1.54) is 18.7 Å². The Morgan fingerprint density at radius 1 is 1.15 bits per heavy atom. The summed E-state index contributed by atoms with van der Waals surface area (Å²) in [6.45, 7) is 5.64. The van der Waals surface area contributed by atoms with Gasteiger partial charge in [0.25, 0.3) is 0 Å². The maximum Gasteiger partial charge on any atom is 0.113 e. The van der Waals surface area contributed by atoms with Gasteiger partial charge in [0, 0.05) is 36.5 Å². The highest BCUT2D eigenvalue weighted by atomic mass is 16.5. The summed E-state index contributed by atoms with van der Waals surface area (Å²) in [5.41, 5.74) is 8.37. The SMILES string of the molecule is CCn1c(C2CC2)nc2c(N(C3=CCOC=C3)c3ccccc3)cc(-c3c(C)nnn3C)cc21. The summed E-state index contributed by atoms with van der Waals surface area (Å²) in [7, 11) is 1.95. The minimum atomic E-state index is 0.541. The van der Waals surface area contributed by atoms with E-state index < -0.39 is 0 Å². The molecule has 4 aromatic rings. The summed E-state index contributed by atoms with van der Waals surface area (Å²) in [4.78, 5) is 7.54. The number of rotatable bonds is 6. The average Bonchev–Trinajstić information content (AvgIpc) is 3.56. The predicted molar refractivity (Wildman–Crippen MR) is 134 cm³/mol. The summed E-state index contributed by atoms with van der Waals surface area (Å²) in [5.74, 6) is 1.75. The van der Waals surface area contributed by atoms with Crippen molar-refractivity contribution in [2.24, 2.45) is 7.05 Å². The molecule has 0 bridgehead atoms. The molecular weight excluding hydrogens is 424 g/mol. The largest absolute Gasteiger partial charge is 0.497 e. The van der Waals surface area contributed by atoms with E-state index in [9.17, 15) is 0 Å². The van der Waals surface area contributed by atoms with Gasteiger partial charge in [0.15, 0.2) is 0 Å². The number of hydrogen-bond acceptors (Lipinski definition) is 5. The summed E-state index contributed by atoms with van der Waals surface area (Å²) < 4.78 is 9.72. The van der Waals surface area contributed by atoms with Crippen LogP contribution in [0.5, 0.6) is 0 Å². The zero-order chi connectivity index (χ0) is 23.2. The molecule has 6 rings (SSSR count). The second-order valence-electron chi connectivity index (χ2n) is 8.93. The fourth-order valence-electron chi connectivity index (χ4n) is 4.92. The Kier molecular flexibility index (Phi) is 4.98. The first-order chi connectivity index (χ1) is 16.7. The summed E-state index contributed by atoms with van der Waals surface area (Å²) in [6, 6.07) is 14.9. The first-order valence-corrected chi connectivity index (χ1v) is 11.9. The highest BCUT2D eigenvalue weighted by Crippen LogP contribution is 2.44. The van der Waals surface area contributed by atoms with Crippen LogP contribution in [-0.4, -0.2) is 31.2 Å². The van der Waals surface area contributed by atoms with E-state index in [2.05, 4.69) is 69.2 Å². The number of benzene rings is 2. The molecule has 1 aliphatic heterocycles. The van der Waals surface area contributed by atoms with E-state index in [0.29, 0.717) is 12.5 Å². The lowest BCUT2D eigenvalue weighted by atomic mass is 10.1. The lowest BCUT2D eigenvalue weighted by Crippen LogP contribution is -2.18. The third-order valence-electron chi connectivity index (χ3n) is 6.63. The first-order valence-electron chi connectivity index (χ1n) is 11.9. The van der Waals surface area contributed by atoms with Crippen LogP contribution in [0.25, 0.3) is 22.3 Å². The second-order valence-corrected chi connectivity index (χ2v) is 8.93. The highest BCUT2D eigenvalue weighted by molar-refractivity contribution is 5.97.